The number of benzene rings is 2. The second kappa shape index (κ2) is 7.53. The molecule has 0 aliphatic heterocycles. The van der Waals surface area contributed by atoms with E-state index in [0.717, 1.165) is 27.2 Å². The van der Waals surface area contributed by atoms with Gasteiger partial charge < -0.3 is 15.4 Å². The van der Waals surface area contributed by atoms with Crippen molar-refractivity contribution < 1.29 is 4.74 Å². The quantitative estimate of drug-likeness (QED) is 0.606. The molecule has 0 unspecified atom stereocenters. The molecule has 1 aromatic heterocycles. The average molecular weight is 399 g/mol. The van der Waals surface area contributed by atoms with Crippen LogP contribution in [0.3, 0.4) is 0 Å². The Kier molecular flexibility index (Phi) is 5.19. The number of methoxy groups -OCH3 is 1. The lowest BCUT2D eigenvalue weighted by atomic mass is 10.2. The summed E-state index contributed by atoms with van der Waals surface area (Å²) in [7, 11) is 1.65. The highest BCUT2D eigenvalue weighted by Gasteiger charge is 2.06. The van der Waals surface area contributed by atoms with Crippen LogP contribution in [-0.4, -0.2) is 17.1 Å². The SMILES string of the molecule is COc1ccc(C)cc1Nc1ccnc(Nc2ccc(C)c(Br)c2)n1. The van der Waals surface area contributed by atoms with Gasteiger partial charge in [-0.3, -0.25) is 0 Å². The second-order valence-electron chi connectivity index (χ2n) is 5.68. The van der Waals surface area contributed by atoms with E-state index >= 15 is 0 Å². The molecule has 2 aromatic carbocycles. The topological polar surface area (TPSA) is 59.1 Å². The van der Waals surface area contributed by atoms with Crippen molar-refractivity contribution in [3.63, 3.8) is 0 Å². The average Bonchev–Trinajstić information content (AvgIpc) is 2.59. The summed E-state index contributed by atoms with van der Waals surface area (Å²) in [6, 6.07) is 13.8. The molecule has 0 atom stereocenters. The lowest BCUT2D eigenvalue weighted by Crippen LogP contribution is -2.01. The minimum Gasteiger partial charge on any atom is -0.495 e. The maximum atomic E-state index is 5.40. The Morgan fingerprint density at radius 1 is 1.00 bits per heavy atom. The van der Waals surface area contributed by atoms with E-state index in [0.29, 0.717) is 11.8 Å². The Morgan fingerprint density at radius 3 is 2.60 bits per heavy atom. The molecule has 0 aliphatic carbocycles. The van der Waals surface area contributed by atoms with Crippen LogP contribution in [0.1, 0.15) is 11.1 Å². The van der Waals surface area contributed by atoms with Gasteiger partial charge in [0.05, 0.1) is 12.8 Å². The molecular formula is C19H19BrN4O. The van der Waals surface area contributed by atoms with Gasteiger partial charge in [0.25, 0.3) is 0 Å². The van der Waals surface area contributed by atoms with Crippen molar-refractivity contribution in [2.75, 3.05) is 17.7 Å². The highest BCUT2D eigenvalue weighted by molar-refractivity contribution is 9.10. The fourth-order valence-electron chi connectivity index (χ4n) is 2.35. The van der Waals surface area contributed by atoms with Crippen LogP contribution in [0.25, 0.3) is 0 Å². The first kappa shape index (κ1) is 17.2. The van der Waals surface area contributed by atoms with Gasteiger partial charge >= 0.3 is 0 Å². The molecule has 0 saturated heterocycles. The van der Waals surface area contributed by atoms with E-state index in [4.69, 9.17) is 4.74 Å². The molecule has 1 heterocycles. The normalized spacial score (nSPS) is 10.4. The lowest BCUT2D eigenvalue weighted by Gasteiger charge is -2.12. The number of nitrogens with zero attached hydrogens (tertiary/aromatic N) is 2. The Bertz CT molecular complexity index is 898. The first-order valence-corrected chi connectivity index (χ1v) is 8.62. The number of hydrogen-bond donors (Lipinski definition) is 2. The standard InChI is InChI=1S/C19H19BrN4O/c1-12-4-7-17(25-3)16(10-12)23-18-8-9-21-19(24-18)22-14-6-5-13(2)15(20)11-14/h4-11H,1-3H3,(H2,21,22,23,24). The van der Waals surface area contributed by atoms with Crippen LogP contribution in [0.15, 0.2) is 53.1 Å². The van der Waals surface area contributed by atoms with Gasteiger partial charge in [-0.1, -0.05) is 28.1 Å². The van der Waals surface area contributed by atoms with Crippen molar-refractivity contribution in [1.82, 2.24) is 9.97 Å². The third-order valence-corrected chi connectivity index (χ3v) is 4.56. The molecule has 6 heteroatoms. The zero-order valence-corrected chi connectivity index (χ0v) is 15.9. The summed E-state index contributed by atoms with van der Waals surface area (Å²) in [5.41, 5.74) is 4.10. The Morgan fingerprint density at radius 2 is 1.84 bits per heavy atom. The number of nitrogens with one attached hydrogen (secondary N) is 2. The van der Waals surface area contributed by atoms with Crippen molar-refractivity contribution in [2.24, 2.45) is 0 Å². The van der Waals surface area contributed by atoms with Crippen molar-refractivity contribution in [1.29, 1.82) is 0 Å². The number of halogens is 1. The van der Waals surface area contributed by atoms with E-state index in [2.05, 4.69) is 36.5 Å². The van der Waals surface area contributed by atoms with Crippen molar-refractivity contribution >= 4 is 39.1 Å². The van der Waals surface area contributed by atoms with E-state index < -0.39 is 0 Å². The fraction of sp³-hybridized carbons (Fsp3) is 0.158. The molecular weight excluding hydrogens is 380 g/mol. The Balaban J connectivity index is 1.82. The van der Waals surface area contributed by atoms with E-state index in [1.165, 1.54) is 5.56 Å². The molecule has 0 aliphatic rings. The molecule has 2 N–H and O–H groups in total. The molecule has 25 heavy (non-hydrogen) atoms. The third-order valence-electron chi connectivity index (χ3n) is 3.70. The molecule has 0 fully saturated rings. The highest BCUT2D eigenvalue weighted by Crippen LogP contribution is 2.28. The summed E-state index contributed by atoms with van der Waals surface area (Å²) in [4.78, 5) is 8.80. The predicted octanol–water partition coefficient (Wildman–Crippen LogP) is 5.35. The maximum absolute atomic E-state index is 5.40. The maximum Gasteiger partial charge on any atom is 0.229 e. The number of aryl methyl sites for hydroxylation is 2. The molecule has 0 bridgehead atoms. The number of hydrogen-bond acceptors (Lipinski definition) is 5. The van der Waals surface area contributed by atoms with Gasteiger partial charge in [-0.25, -0.2) is 4.98 Å². The van der Waals surface area contributed by atoms with Crippen LogP contribution in [0.4, 0.5) is 23.1 Å². The molecule has 128 valence electrons. The summed E-state index contributed by atoms with van der Waals surface area (Å²) in [6.07, 6.45) is 1.71. The van der Waals surface area contributed by atoms with Gasteiger partial charge in [0.2, 0.25) is 5.95 Å². The van der Waals surface area contributed by atoms with Gasteiger partial charge in [0.15, 0.2) is 0 Å². The first-order valence-electron chi connectivity index (χ1n) is 7.83. The predicted molar refractivity (Wildman–Crippen MR) is 105 cm³/mol. The fourth-order valence-corrected chi connectivity index (χ4v) is 2.72. The number of ether oxygens (including phenoxy) is 1. The zero-order valence-electron chi connectivity index (χ0n) is 14.3. The largest absolute Gasteiger partial charge is 0.495 e. The van der Waals surface area contributed by atoms with Crippen LogP contribution in [-0.2, 0) is 0 Å². The van der Waals surface area contributed by atoms with E-state index in [-0.39, 0.29) is 0 Å². The first-order chi connectivity index (χ1) is 12.0. The van der Waals surface area contributed by atoms with Crippen molar-refractivity contribution in [3.05, 3.63) is 64.3 Å². The molecule has 3 rings (SSSR count). The van der Waals surface area contributed by atoms with Gasteiger partial charge in [-0.05, 0) is 55.3 Å². The molecule has 0 amide bonds. The van der Waals surface area contributed by atoms with Crippen LogP contribution in [0.2, 0.25) is 0 Å². The molecule has 0 spiro atoms. The number of aromatic nitrogens is 2. The van der Waals surface area contributed by atoms with Crippen LogP contribution < -0.4 is 15.4 Å². The van der Waals surface area contributed by atoms with Crippen LogP contribution >= 0.6 is 15.9 Å². The summed E-state index contributed by atoms with van der Waals surface area (Å²) in [5, 5.41) is 6.50. The molecule has 0 saturated carbocycles. The summed E-state index contributed by atoms with van der Waals surface area (Å²) < 4.78 is 6.43. The van der Waals surface area contributed by atoms with Gasteiger partial charge in [-0.2, -0.15) is 4.98 Å². The molecule has 5 nitrogen and oxygen atoms in total. The molecule has 0 radical (unpaired) electrons. The van der Waals surface area contributed by atoms with E-state index in [1.54, 1.807) is 13.3 Å². The van der Waals surface area contributed by atoms with Gasteiger partial charge in [0.1, 0.15) is 11.6 Å². The van der Waals surface area contributed by atoms with Crippen LogP contribution in [0.5, 0.6) is 5.75 Å². The van der Waals surface area contributed by atoms with E-state index in [1.807, 2.05) is 56.3 Å². The highest BCUT2D eigenvalue weighted by atomic mass is 79.9. The minimum atomic E-state index is 0.521. The van der Waals surface area contributed by atoms with Crippen LogP contribution in [0, 0.1) is 13.8 Å². The Hall–Kier alpha value is -2.60. The Labute approximate surface area is 155 Å². The number of rotatable bonds is 5. The van der Waals surface area contributed by atoms with Gasteiger partial charge in [-0.15, -0.1) is 0 Å². The smallest absolute Gasteiger partial charge is 0.229 e. The van der Waals surface area contributed by atoms with Gasteiger partial charge in [0, 0.05) is 16.4 Å². The summed E-state index contributed by atoms with van der Waals surface area (Å²) >= 11 is 3.53. The van der Waals surface area contributed by atoms with Crippen molar-refractivity contribution in [3.8, 4) is 5.75 Å². The summed E-state index contributed by atoms with van der Waals surface area (Å²) in [5.74, 6) is 1.97. The molecule has 3 aromatic rings. The van der Waals surface area contributed by atoms with E-state index in [9.17, 15) is 0 Å². The summed E-state index contributed by atoms with van der Waals surface area (Å²) in [6.45, 7) is 4.08. The monoisotopic (exact) mass is 398 g/mol. The lowest BCUT2D eigenvalue weighted by molar-refractivity contribution is 0.416. The number of anilines is 4. The van der Waals surface area contributed by atoms with Crippen molar-refractivity contribution in [2.45, 2.75) is 13.8 Å². The third kappa shape index (κ3) is 4.28. The zero-order chi connectivity index (χ0) is 17.8. The minimum absolute atomic E-state index is 0.521. The second-order valence-corrected chi connectivity index (χ2v) is 6.54.